The van der Waals surface area contributed by atoms with Crippen LogP contribution in [0.5, 0.6) is 0 Å². The molecule has 0 aliphatic carbocycles. The van der Waals surface area contributed by atoms with Crippen LogP contribution in [0.4, 0.5) is 23.0 Å². The summed E-state index contributed by atoms with van der Waals surface area (Å²) in [5.41, 5.74) is -0.126. The van der Waals surface area contributed by atoms with Gasteiger partial charge in [0.25, 0.3) is 0 Å². The number of methoxy groups -OCH3 is 2. The van der Waals surface area contributed by atoms with E-state index >= 15 is 0 Å². The summed E-state index contributed by atoms with van der Waals surface area (Å²) in [5.74, 6) is -2.01. The van der Waals surface area contributed by atoms with Crippen molar-refractivity contribution < 1.29 is 33.5 Å². The molecule has 0 amide bonds. The molecule has 1 fully saturated rings. The molecule has 186 valence electrons. The molecule has 2 heterocycles. The van der Waals surface area contributed by atoms with Crippen LogP contribution in [0.1, 0.15) is 40.5 Å². The number of hydrogen-bond donors (Lipinski definition) is 1. The molecule has 0 unspecified atom stereocenters. The van der Waals surface area contributed by atoms with Gasteiger partial charge in [0.1, 0.15) is 6.33 Å². The minimum Gasteiger partial charge on any atom is -0.466 e. The molecule has 1 N–H and O–H groups in total. The number of piperidine rings is 1. The SMILES string of the molecule is CCOC(=O)C1CCN(c2ncnc(Nc3cc(C(=O)OC)cc(C(=O)OC)c3)c2[N+](=O)[O-])CC1. The largest absolute Gasteiger partial charge is 0.466 e. The van der Waals surface area contributed by atoms with E-state index in [4.69, 9.17) is 14.2 Å². The van der Waals surface area contributed by atoms with Crippen molar-refractivity contribution in [2.75, 3.05) is 44.1 Å². The number of aromatic nitrogens is 2. The maximum atomic E-state index is 12.1. The second-order valence-corrected chi connectivity index (χ2v) is 7.57. The van der Waals surface area contributed by atoms with Crippen LogP contribution in [-0.4, -0.2) is 66.7 Å². The minimum atomic E-state index is -0.707. The fourth-order valence-corrected chi connectivity index (χ4v) is 3.76. The first-order valence-electron chi connectivity index (χ1n) is 10.8. The Morgan fingerprint density at radius 2 is 1.69 bits per heavy atom. The summed E-state index contributed by atoms with van der Waals surface area (Å²) in [5, 5.41) is 14.8. The number of nitrogens with one attached hydrogen (secondary N) is 1. The van der Waals surface area contributed by atoms with Crippen molar-refractivity contribution >= 4 is 40.9 Å². The third-order valence-corrected chi connectivity index (χ3v) is 5.44. The number of carbonyl (C=O) groups is 3. The number of rotatable bonds is 8. The van der Waals surface area contributed by atoms with E-state index in [1.165, 1.54) is 38.7 Å². The van der Waals surface area contributed by atoms with E-state index in [0.29, 0.717) is 32.5 Å². The molecule has 0 atom stereocenters. The quantitative estimate of drug-likeness (QED) is 0.251. The number of hydrogen-bond acceptors (Lipinski definition) is 12. The summed E-state index contributed by atoms with van der Waals surface area (Å²) in [6.07, 6.45) is 2.10. The smallest absolute Gasteiger partial charge is 0.353 e. The Morgan fingerprint density at radius 1 is 1.09 bits per heavy atom. The number of nitrogens with zero attached hydrogens (tertiary/aromatic N) is 4. The van der Waals surface area contributed by atoms with E-state index in [9.17, 15) is 24.5 Å². The van der Waals surface area contributed by atoms with Crippen molar-refractivity contribution in [2.24, 2.45) is 5.92 Å². The first-order valence-corrected chi connectivity index (χ1v) is 10.8. The highest BCUT2D eigenvalue weighted by Gasteiger charge is 2.32. The first-order chi connectivity index (χ1) is 16.8. The molecule has 1 aliphatic heterocycles. The second kappa shape index (κ2) is 11.2. The fraction of sp³-hybridized carbons (Fsp3) is 0.409. The van der Waals surface area contributed by atoms with Crippen molar-refractivity contribution in [3.8, 4) is 0 Å². The van der Waals surface area contributed by atoms with Crippen LogP contribution in [-0.2, 0) is 19.0 Å². The van der Waals surface area contributed by atoms with E-state index in [1.807, 2.05) is 0 Å². The Bertz CT molecular complexity index is 1100. The van der Waals surface area contributed by atoms with Crippen LogP contribution in [0.3, 0.4) is 0 Å². The molecule has 35 heavy (non-hydrogen) atoms. The zero-order chi connectivity index (χ0) is 25.5. The standard InChI is InChI=1S/C22H25N5O8/c1-4-35-22(30)13-5-7-26(8-6-13)19-17(27(31)32)18(23-12-24-19)25-16-10-14(20(28)33-2)9-15(11-16)21(29)34-3/h9-13H,4-8H2,1-3H3,(H,23,24,25). The molecule has 13 nitrogen and oxygen atoms in total. The summed E-state index contributed by atoms with van der Waals surface area (Å²) in [6.45, 7) is 2.76. The lowest BCUT2D eigenvalue weighted by atomic mass is 9.97. The van der Waals surface area contributed by atoms with Crippen LogP contribution in [0, 0.1) is 16.0 Å². The van der Waals surface area contributed by atoms with Gasteiger partial charge in [-0.2, -0.15) is 0 Å². The minimum absolute atomic E-state index is 0.0378. The van der Waals surface area contributed by atoms with E-state index in [1.54, 1.807) is 11.8 Å². The van der Waals surface area contributed by atoms with Crippen molar-refractivity contribution in [1.29, 1.82) is 0 Å². The van der Waals surface area contributed by atoms with Crippen LogP contribution >= 0.6 is 0 Å². The Balaban J connectivity index is 1.93. The zero-order valence-corrected chi connectivity index (χ0v) is 19.5. The zero-order valence-electron chi connectivity index (χ0n) is 19.5. The highest BCUT2D eigenvalue weighted by Crippen LogP contribution is 2.36. The van der Waals surface area contributed by atoms with Gasteiger partial charge in [-0.05, 0) is 38.0 Å². The Labute approximate surface area is 200 Å². The summed E-state index contributed by atoms with van der Waals surface area (Å²) in [6, 6.07) is 4.03. The maximum absolute atomic E-state index is 12.1. The van der Waals surface area contributed by atoms with Crippen molar-refractivity contribution in [1.82, 2.24) is 9.97 Å². The van der Waals surface area contributed by atoms with Crippen LogP contribution in [0.2, 0.25) is 0 Å². The lowest BCUT2D eigenvalue weighted by Gasteiger charge is -2.31. The van der Waals surface area contributed by atoms with Gasteiger partial charge in [-0.15, -0.1) is 0 Å². The van der Waals surface area contributed by atoms with E-state index in [-0.39, 0.29) is 46.0 Å². The van der Waals surface area contributed by atoms with Gasteiger partial charge in [0.2, 0.25) is 11.6 Å². The molecule has 2 aromatic rings. The number of ether oxygens (including phenoxy) is 3. The van der Waals surface area contributed by atoms with Crippen LogP contribution < -0.4 is 10.2 Å². The molecular weight excluding hydrogens is 462 g/mol. The van der Waals surface area contributed by atoms with Gasteiger partial charge < -0.3 is 24.4 Å². The normalized spacial score (nSPS) is 13.6. The van der Waals surface area contributed by atoms with Crippen molar-refractivity contribution in [3.05, 3.63) is 45.8 Å². The predicted octanol–water partition coefficient (Wildman–Crippen LogP) is 2.48. The van der Waals surface area contributed by atoms with Gasteiger partial charge in [-0.25, -0.2) is 19.6 Å². The number of nitro groups is 1. The van der Waals surface area contributed by atoms with Crippen molar-refractivity contribution in [3.63, 3.8) is 0 Å². The molecule has 0 radical (unpaired) electrons. The Hall–Kier alpha value is -4.29. The predicted molar refractivity (Wildman–Crippen MR) is 123 cm³/mol. The first kappa shape index (κ1) is 25.3. The highest BCUT2D eigenvalue weighted by atomic mass is 16.6. The van der Waals surface area contributed by atoms with Crippen LogP contribution in [0.15, 0.2) is 24.5 Å². The van der Waals surface area contributed by atoms with Gasteiger partial charge in [0.05, 0.1) is 42.8 Å². The average molecular weight is 487 g/mol. The summed E-state index contributed by atoms with van der Waals surface area (Å²) < 4.78 is 14.5. The van der Waals surface area contributed by atoms with Crippen LogP contribution in [0.25, 0.3) is 0 Å². The van der Waals surface area contributed by atoms with E-state index in [2.05, 4.69) is 15.3 Å². The van der Waals surface area contributed by atoms with Gasteiger partial charge in [-0.1, -0.05) is 0 Å². The molecular formula is C22H25N5O8. The maximum Gasteiger partial charge on any atom is 0.353 e. The number of anilines is 3. The number of benzene rings is 1. The molecule has 1 aromatic carbocycles. The molecule has 1 aliphatic rings. The molecule has 0 saturated carbocycles. The van der Waals surface area contributed by atoms with Gasteiger partial charge in [0, 0.05) is 18.8 Å². The topological polar surface area (TPSA) is 163 Å². The lowest BCUT2D eigenvalue weighted by Crippen LogP contribution is -2.37. The molecule has 3 rings (SSSR count). The Kier molecular flexibility index (Phi) is 8.12. The Morgan fingerprint density at radius 3 is 2.20 bits per heavy atom. The third kappa shape index (κ3) is 5.80. The van der Waals surface area contributed by atoms with E-state index < -0.39 is 16.9 Å². The summed E-state index contributed by atoms with van der Waals surface area (Å²) in [7, 11) is 2.37. The van der Waals surface area contributed by atoms with Gasteiger partial charge in [-0.3, -0.25) is 14.9 Å². The average Bonchev–Trinajstić information content (AvgIpc) is 2.87. The number of carbonyl (C=O) groups excluding carboxylic acids is 3. The molecule has 0 bridgehead atoms. The highest BCUT2D eigenvalue weighted by molar-refractivity contribution is 5.97. The molecule has 1 aromatic heterocycles. The van der Waals surface area contributed by atoms with Gasteiger partial charge in [0.15, 0.2) is 0 Å². The fourth-order valence-electron chi connectivity index (χ4n) is 3.76. The summed E-state index contributed by atoms with van der Waals surface area (Å²) in [4.78, 5) is 57.4. The molecule has 0 spiro atoms. The van der Waals surface area contributed by atoms with Gasteiger partial charge >= 0.3 is 23.6 Å². The second-order valence-electron chi connectivity index (χ2n) is 7.57. The van der Waals surface area contributed by atoms with Crippen molar-refractivity contribution in [2.45, 2.75) is 19.8 Å². The number of esters is 3. The monoisotopic (exact) mass is 487 g/mol. The molecule has 13 heteroatoms. The van der Waals surface area contributed by atoms with E-state index in [0.717, 1.165) is 0 Å². The third-order valence-electron chi connectivity index (χ3n) is 5.44. The summed E-state index contributed by atoms with van der Waals surface area (Å²) >= 11 is 0. The molecule has 1 saturated heterocycles. The lowest BCUT2D eigenvalue weighted by molar-refractivity contribution is -0.383.